The van der Waals surface area contributed by atoms with Gasteiger partial charge in [0, 0.05) is 37.1 Å². The van der Waals surface area contributed by atoms with Gasteiger partial charge in [-0.3, -0.25) is 4.90 Å². The predicted octanol–water partition coefficient (Wildman–Crippen LogP) is 2.94. The Morgan fingerprint density at radius 2 is 2.15 bits per heavy atom. The lowest BCUT2D eigenvalue weighted by Crippen LogP contribution is -2.32. The van der Waals surface area contributed by atoms with Gasteiger partial charge in [0.15, 0.2) is 0 Å². The van der Waals surface area contributed by atoms with Gasteiger partial charge >= 0.3 is 0 Å². The second-order valence-corrected chi connectivity index (χ2v) is 7.42. The molecule has 0 radical (unpaired) electrons. The SMILES string of the molecule is CCN(CCn1ccc2c1CC(C)(C)CC2N)C1CC1. The third kappa shape index (κ3) is 2.79. The second kappa shape index (κ2) is 5.19. The quantitative estimate of drug-likeness (QED) is 0.896. The molecule has 0 bridgehead atoms. The fourth-order valence-electron chi connectivity index (χ4n) is 3.78. The number of aromatic nitrogens is 1. The molecule has 0 amide bonds. The van der Waals surface area contributed by atoms with Crippen LogP contribution < -0.4 is 5.73 Å². The number of likely N-dealkylation sites (N-methyl/N-ethyl adjacent to an activating group) is 1. The average molecular weight is 275 g/mol. The van der Waals surface area contributed by atoms with Crippen LogP contribution in [0.2, 0.25) is 0 Å². The van der Waals surface area contributed by atoms with Crippen molar-refractivity contribution >= 4 is 0 Å². The van der Waals surface area contributed by atoms with Gasteiger partial charge in [-0.15, -0.1) is 0 Å². The first-order chi connectivity index (χ1) is 9.50. The number of fused-ring (bicyclic) bond motifs is 1. The average Bonchev–Trinajstić information content (AvgIpc) is 3.12. The molecule has 1 atom stereocenters. The molecular formula is C17H29N3. The Hall–Kier alpha value is -0.800. The van der Waals surface area contributed by atoms with Gasteiger partial charge in [-0.1, -0.05) is 20.8 Å². The molecule has 2 aliphatic carbocycles. The van der Waals surface area contributed by atoms with Crippen LogP contribution >= 0.6 is 0 Å². The van der Waals surface area contributed by atoms with Crippen molar-refractivity contribution in [1.29, 1.82) is 0 Å². The van der Waals surface area contributed by atoms with Crippen LogP contribution in [0, 0.1) is 5.41 Å². The van der Waals surface area contributed by atoms with Crippen LogP contribution in [-0.4, -0.2) is 28.6 Å². The lowest BCUT2D eigenvalue weighted by Gasteiger charge is -2.34. The Bertz CT molecular complexity index is 471. The normalized spacial score (nSPS) is 24.9. The summed E-state index contributed by atoms with van der Waals surface area (Å²) in [6, 6.07) is 3.34. The molecule has 1 heterocycles. The third-order valence-electron chi connectivity index (χ3n) is 5.03. The van der Waals surface area contributed by atoms with Crippen molar-refractivity contribution in [2.24, 2.45) is 11.1 Å². The summed E-state index contributed by atoms with van der Waals surface area (Å²) in [4.78, 5) is 2.63. The summed E-state index contributed by atoms with van der Waals surface area (Å²) >= 11 is 0. The molecule has 1 unspecified atom stereocenters. The summed E-state index contributed by atoms with van der Waals surface area (Å²) < 4.78 is 2.46. The highest BCUT2D eigenvalue weighted by Gasteiger charge is 2.32. The summed E-state index contributed by atoms with van der Waals surface area (Å²) in [6.45, 7) is 10.4. The van der Waals surface area contributed by atoms with Crippen molar-refractivity contribution in [2.75, 3.05) is 13.1 Å². The Morgan fingerprint density at radius 3 is 2.80 bits per heavy atom. The van der Waals surface area contributed by atoms with E-state index in [0.29, 0.717) is 5.41 Å². The lowest BCUT2D eigenvalue weighted by molar-refractivity contribution is 0.253. The molecule has 0 saturated heterocycles. The monoisotopic (exact) mass is 275 g/mol. The van der Waals surface area contributed by atoms with Crippen LogP contribution in [0.5, 0.6) is 0 Å². The number of nitrogens with zero attached hydrogens (tertiary/aromatic N) is 2. The fraction of sp³-hybridized carbons (Fsp3) is 0.765. The van der Waals surface area contributed by atoms with Crippen LogP contribution in [0.4, 0.5) is 0 Å². The molecule has 1 fully saturated rings. The zero-order chi connectivity index (χ0) is 14.3. The molecule has 2 aliphatic rings. The number of nitrogens with two attached hydrogens (primary N) is 1. The lowest BCUT2D eigenvalue weighted by atomic mass is 9.74. The molecule has 2 N–H and O–H groups in total. The zero-order valence-corrected chi connectivity index (χ0v) is 13.2. The summed E-state index contributed by atoms with van der Waals surface area (Å²) in [5, 5.41) is 0. The van der Waals surface area contributed by atoms with Gasteiger partial charge in [-0.2, -0.15) is 0 Å². The van der Waals surface area contributed by atoms with Crippen molar-refractivity contribution in [3.05, 3.63) is 23.5 Å². The smallest absolute Gasteiger partial charge is 0.0350 e. The van der Waals surface area contributed by atoms with Crippen molar-refractivity contribution in [2.45, 2.75) is 65.1 Å². The standard InChI is InChI=1S/C17H29N3/c1-4-19(13-5-6-13)9-10-20-8-7-14-15(18)11-17(2,3)12-16(14)20/h7-8,13,15H,4-6,9-12,18H2,1-3H3. The summed E-state index contributed by atoms with van der Waals surface area (Å²) in [6.07, 6.45) is 7.32. The van der Waals surface area contributed by atoms with E-state index < -0.39 is 0 Å². The van der Waals surface area contributed by atoms with Crippen molar-refractivity contribution in [3.63, 3.8) is 0 Å². The molecule has 20 heavy (non-hydrogen) atoms. The molecule has 3 rings (SSSR count). The largest absolute Gasteiger partial charge is 0.350 e. The van der Waals surface area contributed by atoms with Crippen molar-refractivity contribution < 1.29 is 0 Å². The highest BCUT2D eigenvalue weighted by molar-refractivity contribution is 5.30. The Morgan fingerprint density at radius 1 is 1.40 bits per heavy atom. The van der Waals surface area contributed by atoms with E-state index in [2.05, 4.69) is 42.5 Å². The highest BCUT2D eigenvalue weighted by Crippen LogP contribution is 2.40. The van der Waals surface area contributed by atoms with E-state index in [1.807, 2.05) is 0 Å². The van der Waals surface area contributed by atoms with Crippen LogP contribution in [0.25, 0.3) is 0 Å². The molecule has 3 nitrogen and oxygen atoms in total. The van der Waals surface area contributed by atoms with E-state index in [1.165, 1.54) is 43.6 Å². The summed E-state index contributed by atoms with van der Waals surface area (Å²) in [7, 11) is 0. The van der Waals surface area contributed by atoms with Crippen LogP contribution in [0.15, 0.2) is 12.3 Å². The Balaban J connectivity index is 1.72. The summed E-state index contributed by atoms with van der Waals surface area (Å²) in [5.74, 6) is 0. The molecule has 0 aliphatic heterocycles. The van der Waals surface area contributed by atoms with Crippen molar-refractivity contribution in [3.8, 4) is 0 Å². The minimum absolute atomic E-state index is 0.223. The fourth-order valence-corrected chi connectivity index (χ4v) is 3.78. The molecule has 1 aromatic heterocycles. The van der Waals surface area contributed by atoms with Crippen LogP contribution in [-0.2, 0) is 13.0 Å². The van der Waals surface area contributed by atoms with Gasteiger partial charge in [-0.25, -0.2) is 0 Å². The van der Waals surface area contributed by atoms with Crippen molar-refractivity contribution in [1.82, 2.24) is 9.47 Å². The van der Waals surface area contributed by atoms with Gasteiger partial charge in [-0.05, 0) is 49.3 Å². The topological polar surface area (TPSA) is 34.2 Å². The first kappa shape index (κ1) is 14.2. The first-order valence-electron chi connectivity index (χ1n) is 8.18. The van der Waals surface area contributed by atoms with E-state index in [1.54, 1.807) is 0 Å². The molecule has 0 spiro atoms. The van der Waals surface area contributed by atoms with Crippen LogP contribution in [0.3, 0.4) is 0 Å². The first-order valence-corrected chi connectivity index (χ1v) is 8.18. The minimum atomic E-state index is 0.223. The molecular weight excluding hydrogens is 246 g/mol. The number of hydrogen-bond acceptors (Lipinski definition) is 2. The molecule has 112 valence electrons. The predicted molar refractivity (Wildman–Crippen MR) is 83.7 cm³/mol. The third-order valence-corrected chi connectivity index (χ3v) is 5.03. The minimum Gasteiger partial charge on any atom is -0.350 e. The molecule has 3 heteroatoms. The zero-order valence-electron chi connectivity index (χ0n) is 13.2. The van der Waals surface area contributed by atoms with E-state index in [4.69, 9.17) is 5.73 Å². The van der Waals surface area contributed by atoms with E-state index in [-0.39, 0.29) is 6.04 Å². The molecule has 0 aromatic carbocycles. The van der Waals surface area contributed by atoms with E-state index >= 15 is 0 Å². The number of rotatable bonds is 5. The van der Waals surface area contributed by atoms with E-state index in [0.717, 1.165) is 19.0 Å². The molecule has 1 aromatic rings. The maximum Gasteiger partial charge on any atom is 0.0350 e. The Labute approximate surface area is 123 Å². The maximum absolute atomic E-state index is 6.35. The maximum atomic E-state index is 6.35. The second-order valence-electron chi connectivity index (χ2n) is 7.42. The Kier molecular flexibility index (Phi) is 3.67. The highest BCUT2D eigenvalue weighted by atomic mass is 15.2. The van der Waals surface area contributed by atoms with Gasteiger partial charge in [0.05, 0.1) is 0 Å². The van der Waals surface area contributed by atoms with Gasteiger partial charge in [0.2, 0.25) is 0 Å². The van der Waals surface area contributed by atoms with E-state index in [9.17, 15) is 0 Å². The molecule has 1 saturated carbocycles. The van der Waals surface area contributed by atoms with Gasteiger partial charge in [0.25, 0.3) is 0 Å². The van der Waals surface area contributed by atoms with Crippen LogP contribution in [0.1, 0.15) is 57.3 Å². The number of hydrogen-bond donors (Lipinski definition) is 1. The van der Waals surface area contributed by atoms with Gasteiger partial charge < -0.3 is 10.3 Å². The summed E-state index contributed by atoms with van der Waals surface area (Å²) in [5.41, 5.74) is 9.56. The van der Waals surface area contributed by atoms with Gasteiger partial charge in [0.1, 0.15) is 0 Å².